The summed E-state index contributed by atoms with van der Waals surface area (Å²) in [5, 5.41) is 19.6. The van der Waals surface area contributed by atoms with Gasteiger partial charge in [-0.2, -0.15) is 0 Å². The van der Waals surface area contributed by atoms with E-state index in [1.807, 2.05) is 0 Å². The van der Waals surface area contributed by atoms with Gasteiger partial charge in [-0.25, -0.2) is 4.79 Å². The van der Waals surface area contributed by atoms with Crippen LogP contribution in [-0.4, -0.2) is 16.0 Å². The van der Waals surface area contributed by atoms with Crippen molar-refractivity contribution in [2.45, 2.75) is 0 Å². The molecule has 0 spiro atoms. The molecular formula is C11H7NO4S. The number of nitrogens with zero attached hydrogens (tertiary/aromatic N) is 1. The Bertz CT molecular complexity index is 591. The summed E-state index contributed by atoms with van der Waals surface area (Å²) in [6.45, 7) is 0. The first kappa shape index (κ1) is 11.3. The first-order valence-electron chi connectivity index (χ1n) is 4.66. The molecule has 0 bridgehead atoms. The van der Waals surface area contributed by atoms with Gasteiger partial charge in [0, 0.05) is 10.9 Å². The molecular weight excluding hydrogens is 242 g/mol. The number of rotatable bonds is 3. The van der Waals surface area contributed by atoms with Gasteiger partial charge in [-0.1, -0.05) is 12.1 Å². The fraction of sp³-hybridized carbons (Fsp3) is 0. The van der Waals surface area contributed by atoms with Gasteiger partial charge in [0.25, 0.3) is 5.69 Å². The Kier molecular flexibility index (Phi) is 2.88. The van der Waals surface area contributed by atoms with E-state index in [9.17, 15) is 14.9 Å². The highest BCUT2D eigenvalue weighted by Crippen LogP contribution is 2.34. The molecule has 86 valence electrons. The van der Waals surface area contributed by atoms with E-state index in [4.69, 9.17) is 5.11 Å². The molecule has 0 aliphatic rings. The zero-order valence-corrected chi connectivity index (χ0v) is 9.31. The quantitative estimate of drug-likeness (QED) is 0.669. The Balaban J connectivity index is 2.52. The first-order valence-corrected chi connectivity index (χ1v) is 5.48. The Morgan fingerprint density at radius 1 is 1.24 bits per heavy atom. The van der Waals surface area contributed by atoms with E-state index < -0.39 is 10.9 Å². The van der Waals surface area contributed by atoms with Gasteiger partial charge in [-0.05, 0) is 18.2 Å². The molecule has 6 heteroatoms. The minimum Gasteiger partial charge on any atom is -0.477 e. The number of carboxylic acids is 1. The second kappa shape index (κ2) is 4.34. The number of hydrogen-bond donors (Lipinski definition) is 1. The minimum absolute atomic E-state index is 0.0220. The minimum atomic E-state index is -1.03. The number of carboxylic acid groups (broad SMARTS) is 1. The summed E-state index contributed by atoms with van der Waals surface area (Å²) in [4.78, 5) is 21.8. The number of para-hydroxylation sites is 1. The van der Waals surface area contributed by atoms with Crippen LogP contribution in [0, 0.1) is 10.1 Å². The molecule has 0 aliphatic carbocycles. The second-order valence-electron chi connectivity index (χ2n) is 3.24. The zero-order valence-electron chi connectivity index (χ0n) is 8.49. The molecule has 5 nitrogen and oxygen atoms in total. The van der Waals surface area contributed by atoms with Gasteiger partial charge in [-0.3, -0.25) is 10.1 Å². The van der Waals surface area contributed by atoms with Gasteiger partial charge in [-0.15, -0.1) is 11.3 Å². The maximum absolute atomic E-state index is 10.8. The summed E-state index contributed by atoms with van der Waals surface area (Å²) >= 11 is 1.02. The molecule has 0 amide bonds. The van der Waals surface area contributed by atoms with Gasteiger partial charge in [0.1, 0.15) is 4.88 Å². The van der Waals surface area contributed by atoms with Crippen molar-refractivity contribution in [3.05, 3.63) is 51.4 Å². The molecule has 1 N–H and O–H groups in total. The van der Waals surface area contributed by atoms with E-state index in [0.717, 1.165) is 11.3 Å². The van der Waals surface area contributed by atoms with Crippen molar-refractivity contribution in [2.24, 2.45) is 0 Å². The Hall–Kier alpha value is -2.21. The van der Waals surface area contributed by atoms with E-state index in [0.29, 0.717) is 10.4 Å². The smallest absolute Gasteiger partial charge is 0.345 e. The van der Waals surface area contributed by atoms with Crippen LogP contribution in [0.1, 0.15) is 9.67 Å². The van der Waals surface area contributed by atoms with Crippen LogP contribution in [-0.2, 0) is 0 Å². The van der Waals surface area contributed by atoms with Gasteiger partial charge < -0.3 is 5.11 Å². The Morgan fingerprint density at radius 2 is 1.94 bits per heavy atom. The van der Waals surface area contributed by atoms with Crippen molar-refractivity contribution < 1.29 is 14.8 Å². The predicted molar refractivity (Wildman–Crippen MR) is 63.4 cm³/mol. The number of hydrogen-bond acceptors (Lipinski definition) is 4. The van der Waals surface area contributed by atoms with Crippen LogP contribution in [0.5, 0.6) is 0 Å². The highest BCUT2D eigenvalue weighted by atomic mass is 32.1. The van der Waals surface area contributed by atoms with Crippen LogP contribution in [0.15, 0.2) is 36.4 Å². The topological polar surface area (TPSA) is 80.4 Å². The molecule has 0 fully saturated rings. The van der Waals surface area contributed by atoms with Gasteiger partial charge in [0.2, 0.25) is 0 Å². The van der Waals surface area contributed by atoms with Gasteiger partial charge in [0.05, 0.1) is 10.5 Å². The molecule has 0 atom stereocenters. The lowest BCUT2D eigenvalue weighted by atomic mass is 10.1. The molecule has 2 rings (SSSR count). The van der Waals surface area contributed by atoms with Crippen LogP contribution in [0.25, 0.3) is 10.4 Å². The highest BCUT2D eigenvalue weighted by molar-refractivity contribution is 7.17. The van der Waals surface area contributed by atoms with Crippen LogP contribution in [0.3, 0.4) is 0 Å². The van der Waals surface area contributed by atoms with E-state index in [1.165, 1.54) is 12.1 Å². The lowest BCUT2D eigenvalue weighted by Gasteiger charge is -1.98. The van der Waals surface area contributed by atoms with Crippen LogP contribution in [0.2, 0.25) is 0 Å². The molecule has 0 saturated carbocycles. The largest absolute Gasteiger partial charge is 0.477 e. The third kappa shape index (κ3) is 2.16. The molecule has 1 aromatic carbocycles. The third-order valence-corrected chi connectivity index (χ3v) is 3.29. The van der Waals surface area contributed by atoms with Crippen LogP contribution < -0.4 is 0 Å². The monoisotopic (exact) mass is 249 g/mol. The molecule has 1 heterocycles. The van der Waals surface area contributed by atoms with E-state index in [1.54, 1.807) is 24.3 Å². The molecule has 0 unspecified atom stereocenters. The number of nitro groups is 1. The van der Waals surface area contributed by atoms with E-state index >= 15 is 0 Å². The summed E-state index contributed by atoms with van der Waals surface area (Å²) in [7, 11) is 0. The summed E-state index contributed by atoms with van der Waals surface area (Å²) < 4.78 is 0. The second-order valence-corrected chi connectivity index (χ2v) is 4.33. The Labute approximate surface area is 100 Å². The summed E-state index contributed by atoms with van der Waals surface area (Å²) in [6, 6.07) is 9.29. The first-order chi connectivity index (χ1) is 8.09. The van der Waals surface area contributed by atoms with Crippen molar-refractivity contribution >= 4 is 23.0 Å². The normalized spacial score (nSPS) is 10.1. The number of benzene rings is 1. The van der Waals surface area contributed by atoms with Gasteiger partial charge in [0.15, 0.2) is 0 Å². The predicted octanol–water partition coefficient (Wildman–Crippen LogP) is 3.02. The molecule has 0 saturated heterocycles. The lowest BCUT2D eigenvalue weighted by molar-refractivity contribution is -0.384. The number of carbonyl (C=O) groups is 1. The van der Waals surface area contributed by atoms with Crippen molar-refractivity contribution in [1.29, 1.82) is 0 Å². The van der Waals surface area contributed by atoms with Crippen molar-refractivity contribution in [1.82, 2.24) is 0 Å². The summed E-state index contributed by atoms with van der Waals surface area (Å²) in [5.41, 5.74) is 0.418. The Morgan fingerprint density at radius 3 is 2.53 bits per heavy atom. The van der Waals surface area contributed by atoms with E-state index in [2.05, 4.69) is 0 Å². The number of aromatic carboxylic acids is 1. The summed E-state index contributed by atoms with van der Waals surface area (Å²) in [5.74, 6) is -1.03. The molecule has 0 aliphatic heterocycles. The van der Waals surface area contributed by atoms with Crippen LogP contribution >= 0.6 is 11.3 Å². The van der Waals surface area contributed by atoms with E-state index in [-0.39, 0.29) is 10.6 Å². The molecule has 2 aromatic rings. The molecule has 1 aromatic heterocycles. The van der Waals surface area contributed by atoms with Crippen molar-refractivity contribution in [3.63, 3.8) is 0 Å². The number of thiophene rings is 1. The average molecular weight is 249 g/mol. The average Bonchev–Trinajstić information content (AvgIpc) is 2.78. The SMILES string of the molecule is O=C(O)c1ccc(-c2ccccc2[N+](=O)[O-])s1. The fourth-order valence-corrected chi connectivity index (χ4v) is 2.32. The lowest BCUT2D eigenvalue weighted by Crippen LogP contribution is -1.90. The maximum atomic E-state index is 10.8. The van der Waals surface area contributed by atoms with Crippen LogP contribution in [0.4, 0.5) is 5.69 Å². The molecule has 0 radical (unpaired) electrons. The molecule has 17 heavy (non-hydrogen) atoms. The van der Waals surface area contributed by atoms with Crippen molar-refractivity contribution in [2.75, 3.05) is 0 Å². The summed E-state index contributed by atoms with van der Waals surface area (Å²) in [6.07, 6.45) is 0. The van der Waals surface area contributed by atoms with Gasteiger partial charge >= 0.3 is 5.97 Å². The standard InChI is InChI=1S/C11H7NO4S/c13-11(14)10-6-5-9(17-10)7-3-1-2-4-8(7)12(15)16/h1-6H,(H,13,14). The zero-order chi connectivity index (χ0) is 12.4. The van der Waals surface area contributed by atoms with Crippen molar-refractivity contribution in [3.8, 4) is 10.4 Å². The maximum Gasteiger partial charge on any atom is 0.345 e. The fourth-order valence-electron chi connectivity index (χ4n) is 1.44. The third-order valence-electron chi connectivity index (χ3n) is 2.18. The highest BCUT2D eigenvalue weighted by Gasteiger charge is 2.17. The number of nitro benzene ring substituents is 1.